The highest BCUT2D eigenvalue weighted by Crippen LogP contribution is 2.29. The Balaban J connectivity index is 1.72. The number of rotatable bonds is 3. The maximum atomic E-state index is 12.2. The number of imide groups is 1. The molecule has 0 bridgehead atoms. The number of aromatic nitrogens is 1. The molecule has 0 radical (unpaired) electrons. The van der Waals surface area contributed by atoms with Gasteiger partial charge in [0.15, 0.2) is 0 Å². The molecular formula is C11H11N3O4S2. The SMILES string of the molecule is O=C1CSC(=O)N1C1CN(S(=O)(=O)c2cccnc2)C1. The molecular weight excluding hydrogens is 302 g/mol. The van der Waals surface area contributed by atoms with Crippen molar-refractivity contribution >= 4 is 32.9 Å². The molecule has 0 N–H and O–H groups in total. The number of amides is 2. The van der Waals surface area contributed by atoms with Gasteiger partial charge in [-0.3, -0.25) is 19.5 Å². The summed E-state index contributed by atoms with van der Waals surface area (Å²) >= 11 is 0.956. The van der Waals surface area contributed by atoms with Gasteiger partial charge in [-0.2, -0.15) is 4.31 Å². The number of carbonyl (C=O) groups excluding carboxylic acids is 2. The van der Waals surface area contributed by atoms with Crippen molar-refractivity contribution in [3.63, 3.8) is 0 Å². The largest absolute Gasteiger partial charge is 0.289 e. The van der Waals surface area contributed by atoms with E-state index in [2.05, 4.69) is 4.98 Å². The zero-order chi connectivity index (χ0) is 14.3. The molecule has 0 saturated carbocycles. The van der Waals surface area contributed by atoms with E-state index in [9.17, 15) is 18.0 Å². The van der Waals surface area contributed by atoms with Crippen LogP contribution in [0.4, 0.5) is 4.79 Å². The predicted molar refractivity (Wildman–Crippen MR) is 71.5 cm³/mol. The van der Waals surface area contributed by atoms with Crippen molar-refractivity contribution in [3.8, 4) is 0 Å². The molecule has 20 heavy (non-hydrogen) atoms. The lowest BCUT2D eigenvalue weighted by Crippen LogP contribution is -2.61. The van der Waals surface area contributed by atoms with Crippen molar-refractivity contribution in [3.05, 3.63) is 24.5 Å². The molecule has 0 spiro atoms. The van der Waals surface area contributed by atoms with E-state index in [0.29, 0.717) is 0 Å². The fraction of sp³-hybridized carbons (Fsp3) is 0.364. The van der Waals surface area contributed by atoms with Gasteiger partial charge in [0.1, 0.15) is 4.90 Å². The first-order valence-corrected chi connectivity index (χ1v) is 8.32. The first kappa shape index (κ1) is 13.5. The van der Waals surface area contributed by atoms with E-state index >= 15 is 0 Å². The highest BCUT2D eigenvalue weighted by atomic mass is 32.2. The van der Waals surface area contributed by atoms with Crippen LogP contribution in [0.25, 0.3) is 0 Å². The normalized spacial score (nSPS) is 21.3. The molecule has 3 rings (SSSR count). The molecule has 0 atom stereocenters. The summed E-state index contributed by atoms with van der Waals surface area (Å²) in [6, 6.07) is 2.67. The van der Waals surface area contributed by atoms with Crippen LogP contribution in [0, 0.1) is 0 Å². The van der Waals surface area contributed by atoms with E-state index in [0.717, 1.165) is 11.8 Å². The number of thioether (sulfide) groups is 1. The first-order valence-electron chi connectivity index (χ1n) is 5.89. The van der Waals surface area contributed by atoms with Crippen molar-refractivity contribution in [2.75, 3.05) is 18.8 Å². The second-order valence-corrected chi connectivity index (χ2v) is 7.35. The summed E-state index contributed by atoms with van der Waals surface area (Å²) < 4.78 is 25.7. The van der Waals surface area contributed by atoms with Crippen molar-refractivity contribution < 1.29 is 18.0 Å². The Hall–Kier alpha value is -1.45. The molecule has 1 aromatic heterocycles. The Bertz CT molecular complexity index is 640. The third-order valence-electron chi connectivity index (χ3n) is 3.25. The van der Waals surface area contributed by atoms with Gasteiger partial charge in [0.05, 0.1) is 11.8 Å². The molecule has 1 aromatic rings. The summed E-state index contributed by atoms with van der Waals surface area (Å²) in [5.41, 5.74) is 0. The standard InChI is InChI=1S/C11H11N3O4S2/c15-10-7-19-11(16)14(10)8-5-13(6-8)20(17,18)9-2-1-3-12-4-9/h1-4,8H,5-7H2. The Morgan fingerprint density at radius 3 is 2.60 bits per heavy atom. The minimum Gasteiger partial charge on any atom is -0.273 e. The second kappa shape index (κ2) is 4.83. The van der Waals surface area contributed by atoms with E-state index in [1.807, 2.05) is 0 Å². The number of pyridine rings is 1. The lowest BCUT2D eigenvalue weighted by molar-refractivity contribution is -0.127. The van der Waals surface area contributed by atoms with Crippen LogP contribution in [0.1, 0.15) is 0 Å². The van der Waals surface area contributed by atoms with Crippen LogP contribution in [0.2, 0.25) is 0 Å². The number of carbonyl (C=O) groups is 2. The van der Waals surface area contributed by atoms with E-state index < -0.39 is 10.0 Å². The topological polar surface area (TPSA) is 87.7 Å². The summed E-state index contributed by atoms with van der Waals surface area (Å²) in [5.74, 6) is -0.103. The molecule has 2 fully saturated rings. The zero-order valence-corrected chi connectivity index (χ0v) is 11.9. The van der Waals surface area contributed by atoms with Crippen LogP contribution in [0.3, 0.4) is 0 Å². The molecule has 0 aliphatic carbocycles. The maximum absolute atomic E-state index is 12.2. The van der Waals surface area contributed by atoms with E-state index in [4.69, 9.17) is 0 Å². The van der Waals surface area contributed by atoms with E-state index in [1.165, 1.54) is 27.7 Å². The van der Waals surface area contributed by atoms with Gasteiger partial charge in [0.25, 0.3) is 5.24 Å². The molecule has 0 aromatic carbocycles. The van der Waals surface area contributed by atoms with Gasteiger partial charge >= 0.3 is 0 Å². The van der Waals surface area contributed by atoms with Gasteiger partial charge in [0.2, 0.25) is 15.9 Å². The van der Waals surface area contributed by atoms with Crippen molar-refractivity contribution in [2.45, 2.75) is 10.9 Å². The summed E-state index contributed by atoms with van der Waals surface area (Å²) in [6.45, 7) is 0.296. The van der Waals surface area contributed by atoms with Crippen molar-refractivity contribution in [2.24, 2.45) is 0 Å². The predicted octanol–water partition coefficient (Wildman–Crippen LogP) is 0.150. The summed E-state index contributed by atoms with van der Waals surface area (Å²) in [4.78, 5) is 28.2. The van der Waals surface area contributed by atoms with Crippen molar-refractivity contribution in [1.82, 2.24) is 14.2 Å². The van der Waals surface area contributed by atoms with Crippen LogP contribution in [-0.2, 0) is 14.8 Å². The zero-order valence-electron chi connectivity index (χ0n) is 10.3. The number of nitrogens with zero attached hydrogens (tertiary/aromatic N) is 3. The molecule has 2 aliphatic rings. The second-order valence-electron chi connectivity index (χ2n) is 4.48. The van der Waals surface area contributed by atoms with Crippen LogP contribution in [0.15, 0.2) is 29.4 Å². The number of hydrogen-bond acceptors (Lipinski definition) is 6. The lowest BCUT2D eigenvalue weighted by Gasteiger charge is -2.41. The molecule has 2 aliphatic heterocycles. The smallest absolute Gasteiger partial charge is 0.273 e. The van der Waals surface area contributed by atoms with Crippen LogP contribution in [0.5, 0.6) is 0 Å². The fourth-order valence-electron chi connectivity index (χ4n) is 2.14. The highest BCUT2D eigenvalue weighted by molar-refractivity contribution is 8.14. The van der Waals surface area contributed by atoms with Crippen molar-refractivity contribution in [1.29, 1.82) is 0 Å². The molecule has 3 heterocycles. The third-order valence-corrected chi connectivity index (χ3v) is 5.90. The minimum absolute atomic E-state index is 0.118. The van der Waals surface area contributed by atoms with Crippen LogP contribution >= 0.6 is 11.8 Å². The van der Waals surface area contributed by atoms with Crippen LogP contribution < -0.4 is 0 Å². The summed E-state index contributed by atoms with van der Waals surface area (Å²) in [7, 11) is -3.58. The Kier molecular flexibility index (Phi) is 3.27. The lowest BCUT2D eigenvalue weighted by atomic mass is 10.1. The average Bonchev–Trinajstić information content (AvgIpc) is 2.70. The molecule has 9 heteroatoms. The molecule has 2 amide bonds. The van der Waals surface area contributed by atoms with Gasteiger partial charge in [-0.05, 0) is 12.1 Å². The summed E-state index contributed by atoms with van der Waals surface area (Å²) in [6.07, 6.45) is 2.78. The quantitative estimate of drug-likeness (QED) is 0.789. The van der Waals surface area contributed by atoms with Crippen LogP contribution in [-0.4, -0.2) is 58.6 Å². The Labute approximate surface area is 120 Å². The highest BCUT2D eigenvalue weighted by Gasteiger charge is 2.45. The summed E-state index contributed by atoms with van der Waals surface area (Å²) in [5, 5.41) is -0.293. The Morgan fingerprint density at radius 1 is 1.30 bits per heavy atom. The van der Waals surface area contributed by atoms with Gasteiger partial charge in [-0.25, -0.2) is 8.42 Å². The number of sulfonamides is 1. The average molecular weight is 313 g/mol. The molecule has 106 valence electrons. The molecule has 0 unspecified atom stereocenters. The molecule has 2 saturated heterocycles. The number of hydrogen-bond donors (Lipinski definition) is 0. The monoisotopic (exact) mass is 313 g/mol. The first-order chi connectivity index (χ1) is 9.50. The molecule has 7 nitrogen and oxygen atoms in total. The van der Waals surface area contributed by atoms with Gasteiger partial charge in [-0.15, -0.1) is 0 Å². The van der Waals surface area contributed by atoms with Gasteiger partial charge in [-0.1, -0.05) is 11.8 Å². The minimum atomic E-state index is -3.58. The maximum Gasteiger partial charge on any atom is 0.289 e. The van der Waals surface area contributed by atoms with Gasteiger partial charge in [0, 0.05) is 25.5 Å². The van der Waals surface area contributed by atoms with Gasteiger partial charge < -0.3 is 0 Å². The van der Waals surface area contributed by atoms with E-state index in [1.54, 1.807) is 6.07 Å². The fourth-order valence-corrected chi connectivity index (χ4v) is 4.40. The third kappa shape index (κ3) is 2.11. The Morgan fingerprint density at radius 2 is 2.05 bits per heavy atom. The van der Waals surface area contributed by atoms with E-state index in [-0.39, 0.29) is 40.9 Å².